The smallest absolute Gasteiger partial charge is 0.397 e. The number of carbonyl (C=O) groups is 1. The molecule has 0 saturated carbocycles. The molecule has 0 aliphatic carbocycles. The number of aliphatic carboxylic acids is 1. The van der Waals surface area contributed by atoms with Crippen LogP contribution in [0.2, 0.25) is 0 Å². The van der Waals surface area contributed by atoms with Gasteiger partial charge in [0.05, 0.1) is 0 Å². The van der Waals surface area contributed by atoms with E-state index in [0.717, 1.165) is 7.11 Å². The third-order valence-electron chi connectivity index (χ3n) is 2.25. The number of carboxylic acids is 1. The molecule has 0 radical (unpaired) electrons. The van der Waals surface area contributed by atoms with Crippen LogP contribution >= 0.6 is 0 Å². The first-order valence-electron chi connectivity index (χ1n) is 4.60. The van der Waals surface area contributed by atoms with Crippen molar-refractivity contribution in [3.05, 3.63) is 0 Å². The molecule has 1 rings (SSSR count). The van der Waals surface area contributed by atoms with Crippen LogP contribution in [0.3, 0.4) is 0 Å². The molecule has 10 nitrogen and oxygen atoms in total. The van der Waals surface area contributed by atoms with Gasteiger partial charge >= 0.3 is 16.4 Å². The lowest BCUT2D eigenvalue weighted by atomic mass is 9.99. The van der Waals surface area contributed by atoms with Gasteiger partial charge in [-0.15, -0.1) is 0 Å². The van der Waals surface area contributed by atoms with Gasteiger partial charge in [0.2, 0.25) is 0 Å². The van der Waals surface area contributed by atoms with E-state index in [1.54, 1.807) is 0 Å². The van der Waals surface area contributed by atoms with Crippen LogP contribution < -0.4 is 0 Å². The maximum absolute atomic E-state index is 10.7. The van der Waals surface area contributed by atoms with Crippen molar-refractivity contribution in [2.45, 2.75) is 30.7 Å². The highest BCUT2D eigenvalue weighted by Gasteiger charge is 2.50. The number of ether oxygens (including phenoxy) is 2. The Kier molecular flexibility index (Phi) is 4.61. The minimum absolute atomic E-state index is 1.04. The van der Waals surface area contributed by atoms with Crippen molar-refractivity contribution >= 4 is 16.4 Å². The van der Waals surface area contributed by atoms with Gasteiger partial charge in [-0.25, -0.2) is 8.98 Å². The molecule has 0 amide bonds. The Morgan fingerprint density at radius 2 is 1.83 bits per heavy atom. The zero-order valence-electron chi connectivity index (χ0n) is 9.03. The van der Waals surface area contributed by atoms with Gasteiger partial charge in [0, 0.05) is 7.11 Å². The van der Waals surface area contributed by atoms with Crippen LogP contribution in [0.5, 0.6) is 0 Å². The molecule has 1 heterocycles. The summed E-state index contributed by atoms with van der Waals surface area (Å²) in [7, 11) is -3.90. The fraction of sp³-hybridized carbons (Fsp3) is 0.857. The van der Waals surface area contributed by atoms with Gasteiger partial charge < -0.3 is 24.8 Å². The van der Waals surface area contributed by atoms with E-state index in [4.69, 9.17) is 14.4 Å². The molecule has 1 aliphatic heterocycles. The van der Waals surface area contributed by atoms with Crippen molar-refractivity contribution in [3.63, 3.8) is 0 Å². The van der Waals surface area contributed by atoms with Crippen LogP contribution in [-0.4, -0.2) is 72.1 Å². The molecule has 0 aromatic heterocycles. The van der Waals surface area contributed by atoms with E-state index >= 15 is 0 Å². The van der Waals surface area contributed by atoms with Crippen LogP contribution in [0.25, 0.3) is 0 Å². The number of aliphatic hydroxyl groups excluding tert-OH is 2. The molecule has 18 heavy (non-hydrogen) atoms. The monoisotopic (exact) mass is 288 g/mol. The van der Waals surface area contributed by atoms with Crippen LogP contribution in [-0.2, 0) is 28.9 Å². The van der Waals surface area contributed by atoms with Crippen LogP contribution in [0, 0.1) is 0 Å². The molecule has 2 unspecified atom stereocenters. The second-order valence-electron chi connectivity index (χ2n) is 3.47. The molecule has 1 saturated heterocycles. The lowest BCUT2D eigenvalue weighted by Gasteiger charge is -2.39. The lowest BCUT2D eigenvalue weighted by molar-refractivity contribution is -0.281. The number of hydrogen-bond donors (Lipinski definition) is 4. The molecule has 4 N–H and O–H groups in total. The van der Waals surface area contributed by atoms with Crippen molar-refractivity contribution in [2.24, 2.45) is 0 Å². The third-order valence-corrected chi connectivity index (χ3v) is 2.72. The van der Waals surface area contributed by atoms with Crippen LogP contribution in [0.1, 0.15) is 0 Å². The fourth-order valence-electron chi connectivity index (χ4n) is 1.47. The Morgan fingerprint density at radius 3 is 2.22 bits per heavy atom. The van der Waals surface area contributed by atoms with Crippen molar-refractivity contribution in [1.82, 2.24) is 0 Å². The normalized spacial score (nSPS) is 37.4. The van der Waals surface area contributed by atoms with Crippen molar-refractivity contribution in [2.75, 3.05) is 7.11 Å². The average Bonchev–Trinajstić information content (AvgIpc) is 2.23. The molecule has 1 fully saturated rings. The van der Waals surface area contributed by atoms with Crippen molar-refractivity contribution in [3.8, 4) is 0 Å². The first kappa shape index (κ1) is 15.2. The fourth-order valence-corrected chi connectivity index (χ4v) is 1.96. The van der Waals surface area contributed by atoms with Gasteiger partial charge in [0.1, 0.15) is 12.2 Å². The van der Waals surface area contributed by atoms with Gasteiger partial charge in [0.25, 0.3) is 0 Å². The van der Waals surface area contributed by atoms with Gasteiger partial charge in [-0.3, -0.25) is 4.55 Å². The van der Waals surface area contributed by atoms with Gasteiger partial charge in [-0.05, 0) is 0 Å². The summed E-state index contributed by atoms with van der Waals surface area (Å²) < 4.78 is 42.9. The Morgan fingerprint density at radius 1 is 1.28 bits per heavy atom. The lowest BCUT2D eigenvalue weighted by Crippen LogP contribution is -2.61. The van der Waals surface area contributed by atoms with Crippen molar-refractivity contribution in [1.29, 1.82) is 0 Å². The summed E-state index contributed by atoms with van der Waals surface area (Å²) in [6.07, 6.45) is -9.08. The SMILES string of the molecule is CO[C@@H]1OC(C(=O)O)[C@@H](O)[C@H](O)C1OS(=O)(=O)O. The van der Waals surface area contributed by atoms with E-state index in [1.807, 2.05) is 0 Å². The Hall–Kier alpha value is -0.820. The number of aliphatic hydroxyl groups is 2. The molecule has 11 heteroatoms. The highest BCUT2D eigenvalue weighted by molar-refractivity contribution is 7.80. The zero-order valence-corrected chi connectivity index (χ0v) is 9.85. The summed E-state index contributed by atoms with van der Waals surface area (Å²) in [4.78, 5) is 10.7. The predicted molar refractivity (Wildman–Crippen MR) is 51.7 cm³/mol. The second-order valence-corrected chi connectivity index (χ2v) is 4.52. The summed E-state index contributed by atoms with van der Waals surface area (Å²) in [5.74, 6) is -1.58. The number of carboxylic acid groups (broad SMARTS) is 1. The summed E-state index contributed by atoms with van der Waals surface area (Å²) in [6, 6.07) is 0. The van der Waals surface area contributed by atoms with E-state index < -0.39 is 47.1 Å². The first-order valence-corrected chi connectivity index (χ1v) is 5.96. The molecule has 0 bridgehead atoms. The Bertz CT molecular complexity index is 402. The molecule has 5 atom stereocenters. The molecular weight excluding hydrogens is 276 g/mol. The van der Waals surface area contributed by atoms with E-state index in [9.17, 15) is 23.4 Å². The molecule has 0 aromatic carbocycles. The molecular formula is C7H12O10S. The van der Waals surface area contributed by atoms with Crippen LogP contribution in [0.15, 0.2) is 0 Å². The molecule has 106 valence electrons. The summed E-state index contributed by atoms with van der Waals surface area (Å²) in [6.45, 7) is 0. The van der Waals surface area contributed by atoms with E-state index in [2.05, 4.69) is 8.92 Å². The highest BCUT2D eigenvalue weighted by Crippen LogP contribution is 2.25. The topological polar surface area (TPSA) is 160 Å². The Balaban J connectivity index is 2.95. The Labute approximate surface area is 102 Å². The van der Waals surface area contributed by atoms with Crippen molar-refractivity contribution < 1.29 is 46.7 Å². The average molecular weight is 288 g/mol. The predicted octanol–water partition coefficient (Wildman–Crippen LogP) is -2.65. The van der Waals surface area contributed by atoms with Gasteiger partial charge in [0.15, 0.2) is 18.5 Å². The summed E-state index contributed by atoms with van der Waals surface area (Å²) >= 11 is 0. The highest BCUT2D eigenvalue weighted by atomic mass is 32.3. The molecule has 0 spiro atoms. The summed E-state index contributed by atoms with van der Waals surface area (Å²) in [5, 5.41) is 27.7. The second kappa shape index (κ2) is 5.44. The number of rotatable bonds is 4. The maximum atomic E-state index is 10.7. The summed E-state index contributed by atoms with van der Waals surface area (Å²) in [5.41, 5.74) is 0. The van der Waals surface area contributed by atoms with Crippen LogP contribution in [0.4, 0.5) is 0 Å². The number of hydrogen-bond acceptors (Lipinski definition) is 8. The van der Waals surface area contributed by atoms with Gasteiger partial charge in [-0.2, -0.15) is 8.42 Å². The quantitative estimate of drug-likeness (QED) is 0.402. The molecule has 0 aromatic rings. The van der Waals surface area contributed by atoms with E-state index in [0.29, 0.717) is 0 Å². The minimum atomic E-state index is -4.94. The maximum Gasteiger partial charge on any atom is 0.397 e. The number of methoxy groups -OCH3 is 1. The van der Waals surface area contributed by atoms with Gasteiger partial charge in [-0.1, -0.05) is 0 Å². The standard InChI is InChI=1S/C7H12O10S/c1-15-7-5(17-18(12,13)14)3(9)2(8)4(16-7)6(10)11/h2-5,7-9H,1H3,(H,10,11)(H,12,13,14)/t2-,3-,4?,5?,7+/m0/s1. The first-order chi connectivity index (χ1) is 8.17. The molecule has 1 aliphatic rings. The van der Waals surface area contributed by atoms with E-state index in [-0.39, 0.29) is 0 Å². The minimum Gasteiger partial charge on any atom is -0.479 e. The zero-order chi connectivity index (χ0) is 14.1. The largest absolute Gasteiger partial charge is 0.479 e. The third kappa shape index (κ3) is 3.35. The van der Waals surface area contributed by atoms with E-state index in [1.165, 1.54) is 0 Å².